The first kappa shape index (κ1) is 43.3. The molecule has 60 heavy (non-hydrogen) atoms. The highest BCUT2D eigenvalue weighted by atomic mass is 16.6. The van der Waals surface area contributed by atoms with Gasteiger partial charge in [0.1, 0.15) is 35.6 Å². The van der Waals surface area contributed by atoms with Crippen molar-refractivity contribution in [1.29, 1.82) is 0 Å². The normalized spacial score (nSPS) is 34.5. The lowest BCUT2D eigenvalue weighted by molar-refractivity contribution is -0.335. The van der Waals surface area contributed by atoms with Gasteiger partial charge < -0.3 is 49.1 Å². The van der Waals surface area contributed by atoms with E-state index in [1.165, 1.54) is 13.8 Å². The second-order valence-electron chi connectivity index (χ2n) is 18.5. The fourth-order valence-corrected chi connectivity index (χ4v) is 10.7. The third kappa shape index (κ3) is 7.16. The largest absolute Gasteiger partial charge is 0.456 e. The monoisotopic (exact) mass is 833 g/mol. The van der Waals surface area contributed by atoms with E-state index in [4.69, 9.17) is 28.4 Å². The molecule has 15 nitrogen and oxygen atoms in total. The number of ether oxygens (including phenoxy) is 6. The van der Waals surface area contributed by atoms with Gasteiger partial charge in [-0.2, -0.15) is 0 Å². The van der Waals surface area contributed by atoms with Crippen LogP contribution in [0.1, 0.15) is 96.6 Å². The number of rotatable bonds is 9. The quantitative estimate of drug-likeness (QED) is 0.158. The topological polar surface area (TPSA) is 213 Å². The van der Waals surface area contributed by atoms with Crippen molar-refractivity contribution in [1.82, 2.24) is 5.32 Å². The van der Waals surface area contributed by atoms with Gasteiger partial charge in [0.2, 0.25) is 0 Å². The minimum absolute atomic E-state index is 0.130. The number of esters is 4. The van der Waals surface area contributed by atoms with E-state index >= 15 is 0 Å². The van der Waals surface area contributed by atoms with Crippen molar-refractivity contribution >= 4 is 30.0 Å². The molecule has 15 heteroatoms. The molecule has 1 heterocycles. The molecule has 7 rings (SSSR count). The number of aliphatic hydroxyl groups excluding tert-OH is 2. The van der Waals surface area contributed by atoms with Crippen LogP contribution in [0.15, 0.2) is 71.8 Å². The Hall–Kier alpha value is -4.83. The number of aliphatic hydroxyl groups is 3. The fourth-order valence-electron chi connectivity index (χ4n) is 10.7. The van der Waals surface area contributed by atoms with E-state index in [0.29, 0.717) is 24.0 Å². The lowest BCUT2D eigenvalue weighted by Gasteiger charge is -2.65. The van der Waals surface area contributed by atoms with Gasteiger partial charge in [0, 0.05) is 31.1 Å². The summed E-state index contributed by atoms with van der Waals surface area (Å²) in [6, 6.07) is 15.1. The molecule has 324 valence electrons. The summed E-state index contributed by atoms with van der Waals surface area (Å²) in [6.07, 6.45) is -9.12. The van der Waals surface area contributed by atoms with Crippen molar-refractivity contribution in [2.24, 2.45) is 22.7 Å². The first-order valence-corrected chi connectivity index (χ1v) is 20.4. The molecule has 1 spiro atoms. The summed E-state index contributed by atoms with van der Waals surface area (Å²) >= 11 is 0. The molecular weight excluding hydrogens is 778 g/mol. The van der Waals surface area contributed by atoms with Gasteiger partial charge in [-0.05, 0) is 75.3 Å². The first-order valence-electron chi connectivity index (χ1n) is 20.4. The first-order chi connectivity index (χ1) is 28.1. The van der Waals surface area contributed by atoms with Crippen LogP contribution in [0, 0.1) is 22.7 Å². The molecule has 1 unspecified atom stereocenters. The van der Waals surface area contributed by atoms with Crippen molar-refractivity contribution in [3.63, 3.8) is 0 Å². The summed E-state index contributed by atoms with van der Waals surface area (Å²) < 4.78 is 36.3. The minimum Gasteiger partial charge on any atom is -0.456 e. The minimum atomic E-state index is -2.20. The van der Waals surface area contributed by atoms with Gasteiger partial charge in [0.15, 0.2) is 17.8 Å². The van der Waals surface area contributed by atoms with Gasteiger partial charge in [-0.15, -0.1) is 0 Å². The zero-order valence-corrected chi connectivity index (χ0v) is 35.1. The van der Waals surface area contributed by atoms with Gasteiger partial charge in [-0.3, -0.25) is 9.59 Å². The highest BCUT2D eigenvalue weighted by molar-refractivity contribution is 5.89. The summed E-state index contributed by atoms with van der Waals surface area (Å²) in [4.78, 5) is 67.5. The lowest BCUT2D eigenvalue weighted by atomic mass is 9.48. The third-order valence-electron chi connectivity index (χ3n) is 13.4. The van der Waals surface area contributed by atoms with Gasteiger partial charge in [-0.25, -0.2) is 14.4 Å². The predicted octanol–water partition coefficient (Wildman–Crippen LogP) is 4.26. The molecule has 5 aliphatic rings. The van der Waals surface area contributed by atoms with Crippen LogP contribution in [0.2, 0.25) is 0 Å². The Morgan fingerprint density at radius 3 is 2.10 bits per heavy atom. The molecule has 12 atom stereocenters. The molecule has 4 aliphatic carbocycles. The van der Waals surface area contributed by atoms with Crippen molar-refractivity contribution in [2.75, 3.05) is 6.61 Å². The fraction of sp³-hybridized carbons (Fsp3) is 0.578. The van der Waals surface area contributed by atoms with E-state index in [1.807, 2.05) is 0 Å². The standard InChI is InChI=1S/C45H55NO14/c1-23-29(57-39(52)33(49)32(26-15-11-9-12-16-26)46-40(53)60-41(4,5)6)21-45(54)37(58-38(51)27-17-13-10-14-18-27)35-43(36(50)34(56-24(2)47)31(23)42(45,7)8)20-28(43)19-30-44(35,22-55-30)59-25(3)48/h9-18,28-30,32-37,49-50,54H,19-22H2,1-8H3,(H,46,53)/t28-,29+,30-,32+,33-,34-,35+,36?,37+,43-,44+,45-/m1/s1. The van der Waals surface area contributed by atoms with Crippen LogP contribution < -0.4 is 5.32 Å². The van der Waals surface area contributed by atoms with Gasteiger partial charge in [0.25, 0.3) is 0 Å². The zero-order valence-electron chi connectivity index (χ0n) is 35.1. The number of amides is 1. The Labute approximate surface area is 348 Å². The van der Waals surface area contributed by atoms with Crippen LogP contribution in [-0.4, -0.2) is 105 Å². The molecule has 1 amide bonds. The van der Waals surface area contributed by atoms with E-state index in [-0.39, 0.29) is 23.7 Å². The number of hydrogen-bond donors (Lipinski definition) is 4. The Morgan fingerprint density at radius 1 is 0.900 bits per heavy atom. The molecule has 4 N–H and O–H groups in total. The molecule has 2 aromatic rings. The highest BCUT2D eigenvalue weighted by Crippen LogP contribution is 2.75. The number of hydrogen-bond acceptors (Lipinski definition) is 14. The van der Waals surface area contributed by atoms with Crippen molar-refractivity contribution < 1.29 is 67.7 Å². The highest BCUT2D eigenvalue weighted by Gasteiger charge is 2.83. The van der Waals surface area contributed by atoms with Gasteiger partial charge in [0.05, 0.1) is 24.1 Å². The second-order valence-corrected chi connectivity index (χ2v) is 18.5. The Balaban J connectivity index is 1.37. The summed E-state index contributed by atoms with van der Waals surface area (Å²) in [5.41, 5.74) is -6.23. The van der Waals surface area contributed by atoms with Crippen LogP contribution >= 0.6 is 0 Å². The number of nitrogens with one attached hydrogen (secondary N) is 1. The molecule has 4 fully saturated rings. The van der Waals surface area contributed by atoms with Crippen LogP contribution in [0.5, 0.6) is 0 Å². The van der Waals surface area contributed by atoms with Crippen LogP contribution in [0.25, 0.3) is 0 Å². The van der Waals surface area contributed by atoms with E-state index < -0.39 is 113 Å². The van der Waals surface area contributed by atoms with Crippen molar-refractivity contribution in [3.05, 3.63) is 82.9 Å². The molecular formula is C45H55NO14. The van der Waals surface area contributed by atoms with Gasteiger partial charge in [-0.1, -0.05) is 62.4 Å². The maximum atomic E-state index is 14.3. The summed E-state index contributed by atoms with van der Waals surface area (Å²) in [5, 5.41) is 40.8. The molecule has 3 saturated carbocycles. The Kier molecular flexibility index (Phi) is 11.0. The SMILES string of the molecule is CC(=O)O[C@@H]1C2=C(C)[C@@H](OC(=O)[C@H](O)[C@@H](NC(=O)OC(C)(C)C)c3ccccc3)C[C@@](O)([C@@H](OC(=O)c3ccccc3)[C@@H]3[C@]4(OC(C)=O)CO[C@@H]4C[C@@H]4C[C@@]43C1O)C2(C)C. The Bertz CT molecular complexity index is 2060. The Morgan fingerprint density at radius 2 is 1.53 bits per heavy atom. The second kappa shape index (κ2) is 15.3. The van der Waals surface area contributed by atoms with E-state index in [2.05, 4.69) is 5.32 Å². The van der Waals surface area contributed by atoms with E-state index in [9.17, 15) is 39.3 Å². The summed E-state index contributed by atoms with van der Waals surface area (Å²) in [6.45, 7) is 12.3. The lowest BCUT2D eigenvalue weighted by Crippen LogP contribution is -2.78. The average molecular weight is 834 g/mol. The number of alkyl carbamates (subject to hydrolysis) is 1. The molecule has 0 radical (unpaired) electrons. The van der Waals surface area contributed by atoms with E-state index in [0.717, 1.165) is 0 Å². The number of fused-ring (bicyclic) bond motifs is 4. The molecule has 1 saturated heterocycles. The maximum absolute atomic E-state index is 14.3. The summed E-state index contributed by atoms with van der Waals surface area (Å²) in [7, 11) is 0. The van der Waals surface area contributed by atoms with Crippen molar-refractivity contribution in [2.45, 2.75) is 134 Å². The van der Waals surface area contributed by atoms with Gasteiger partial charge >= 0.3 is 30.0 Å². The predicted molar refractivity (Wildman–Crippen MR) is 211 cm³/mol. The molecule has 2 bridgehead atoms. The van der Waals surface area contributed by atoms with Crippen LogP contribution in [-0.2, 0) is 42.8 Å². The van der Waals surface area contributed by atoms with Crippen LogP contribution in [0.4, 0.5) is 4.79 Å². The molecule has 0 aromatic heterocycles. The van der Waals surface area contributed by atoms with E-state index in [1.54, 1.807) is 102 Å². The number of carbonyl (C=O) groups is 5. The molecule has 1 aliphatic heterocycles. The third-order valence-corrected chi connectivity index (χ3v) is 13.4. The zero-order chi connectivity index (χ0) is 43.7. The smallest absolute Gasteiger partial charge is 0.408 e. The average Bonchev–Trinajstić information content (AvgIpc) is 3.90. The number of benzene rings is 2. The maximum Gasteiger partial charge on any atom is 0.408 e. The summed E-state index contributed by atoms with van der Waals surface area (Å²) in [5.74, 6) is -4.77. The van der Waals surface area contributed by atoms with Crippen molar-refractivity contribution in [3.8, 4) is 0 Å². The molecule has 2 aromatic carbocycles. The number of carbonyl (C=O) groups excluding carboxylic acids is 5. The van der Waals surface area contributed by atoms with Crippen LogP contribution in [0.3, 0.4) is 0 Å².